The van der Waals surface area contributed by atoms with E-state index in [2.05, 4.69) is 5.32 Å². The Hall–Kier alpha value is -3.87. The van der Waals surface area contributed by atoms with Crippen molar-refractivity contribution in [2.75, 3.05) is 6.67 Å². The molecule has 0 spiro atoms. The first kappa shape index (κ1) is 21.0. The number of fused-ring (bicyclic) bond motifs is 1. The van der Waals surface area contributed by atoms with Gasteiger partial charge in [0.2, 0.25) is 5.58 Å². The third kappa shape index (κ3) is 3.59. The van der Waals surface area contributed by atoms with E-state index in [1.165, 1.54) is 4.57 Å². The molecule has 0 bridgehead atoms. The zero-order chi connectivity index (χ0) is 23.0. The fourth-order valence-electron chi connectivity index (χ4n) is 4.65. The number of furan rings is 1. The van der Waals surface area contributed by atoms with E-state index in [0.717, 1.165) is 41.5 Å². The Morgan fingerprint density at radius 3 is 2.39 bits per heavy atom. The van der Waals surface area contributed by atoms with E-state index in [4.69, 9.17) is 4.42 Å². The number of hydrogen-bond donors (Lipinski definition) is 2. The molecule has 33 heavy (non-hydrogen) atoms. The van der Waals surface area contributed by atoms with Gasteiger partial charge in [-0.25, -0.2) is 9.18 Å². The second-order valence-electron chi connectivity index (χ2n) is 8.36. The maximum Gasteiger partial charge on any atom is 0.405 e. The van der Waals surface area contributed by atoms with Crippen molar-refractivity contribution in [3.8, 4) is 22.5 Å². The molecule has 7 heteroatoms. The van der Waals surface area contributed by atoms with Crippen LogP contribution in [0, 0.1) is 0 Å². The normalized spacial score (nSPS) is 14.7. The Balaban J connectivity index is 1.65. The van der Waals surface area contributed by atoms with Gasteiger partial charge in [-0.1, -0.05) is 54.6 Å². The van der Waals surface area contributed by atoms with Crippen LogP contribution in [0.4, 0.5) is 9.18 Å². The van der Waals surface area contributed by atoms with Gasteiger partial charge in [-0.3, -0.25) is 4.79 Å². The van der Waals surface area contributed by atoms with E-state index in [-0.39, 0.29) is 17.7 Å². The number of benzene rings is 2. The van der Waals surface area contributed by atoms with Gasteiger partial charge < -0.3 is 19.4 Å². The van der Waals surface area contributed by atoms with Gasteiger partial charge in [0.25, 0.3) is 5.56 Å². The second kappa shape index (κ2) is 8.24. The summed E-state index contributed by atoms with van der Waals surface area (Å²) in [7, 11) is 0. The molecule has 168 valence electrons. The summed E-state index contributed by atoms with van der Waals surface area (Å²) in [5.41, 5.74) is 2.64. The molecule has 0 unspecified atom stereocenters. The molecule has 1 fully saturated rings. The van der Waals surface area contributed by atoms with Crippen molar-refractivity contribution in [2.45, 2.75) is 31.3 Å². The topological polar surface area (TPSA) is 84.5 Å². The van der Waals surface area contributed by atoms with Crippen molar-refractivity contribution < 1.29 is 18.7 Å². The number of carbonyl (C=O) groups is 1. The minimum absolute atomic E-state index is 0.0289. The fourth-order valence-corrected chi connectivity index (χ4v) is 4.65. The monoisotopic (exact) mass is 446 g/mol. The zero-order valence-corrected chi connectivity index (χ0v) is 17.9. The number of nitrogens with one attached hydrogen (secondary N) is 1. The third-order valence-electron chi connectivity index (χ3n) is 6.46. The highest BCUT2D eigenvalue weighted by Crippen LogP contribution is 2.43. The molecule has 4 aromatic rings. The number of nitrogens with zero attached hydrogens (tertiary/aromatic N) is 1. The van der Waals surface area contributed by atoms with Crippen molar-refractivity contribution in [1.82, 2.24) is 9.88 Å². The smallest absolute Gasteiger partial charge is 0.405 e. The Morgan fingerprint density at radius 1 is 1.06 bits per heavy atom. The van der Waals surface area contributed by atoms with E-state index >= 15 is 0 Å². The lowest BCUT2D eigenvalue weighted by Gasteiger charge is -2.42. The van der Waals surface area contributed by atoms with Crippen LogP contribution >= 0.6 is 0 Å². The summed E-state index contributed by atoms with van der Waals surface area (Å²) in [4.78, 5) is 24.2. The Morgan fingerprint density at radius 2 is 1.79 bits per heavy atom. The highest BCUT2D eigenvalue weighted by molar-refractivity contribution is 6.01. The minimum Gasteiger partial charge on any atom is -0.465 e. The first-order chi connectivity index (χ1) is 16.0. The number of amides is 1. The van der Waals surface area contributed by atoms with E-state index < -0.39 is 18.3 Å². The number of rotatable bonds is 6. The van der Waals surface area contributed by atoms with Gasteiger partial charge in [0.15, 0.2) is 0 Å². The molecule has 2 aromatic carbocycles. The lowest BCUT2D eigenvalue weighted by atomic mass is 9.72. The van der Waals surface area contributed by atoms with Crippen LogP contribution in [0.3, 0.4) is 0 Å². The van der Waals surface area contributed by atoms with Crippen molar-refractivity contribution in [3.05, 3.63) is 82.8 Å². The van der Waals surface area contributed by atoms with Gasteiger partial charge in [0.05, 0.1) is 12.1 Å². The van der Waals surface area contributed by atoms with E-state index in [0.29, 0.717) is 11.1 Å². The molecule has 2 N–H and O–H groups in total. The van der Waals surface area contributed by atoms with E-state index in [1.54, 1.807) is 12.3 Å². The molecular formula is C26H23FN2O4. The van der Waals surface area contributed by atoms with Crippen molar-refractivity contribution in [2.24, 2.45) is 0 Å². The van der Waals surface area contributed by atoms with Crippen molar-refractivity contribution >= 4 is 17.1 Å². The molecule has 0 aliphatic heterocycles. The first-order valence-corrected chi connectivity index (χ1v) is 10.9. The predicted octanol–water partition coefficient (Wildman–Crippen LogP) is 5.54. The standard InChI is InChI=1S/C26H23FN2O4/c27-14-16-29-15-11-20-21(17-5-2-1-3-6-17)22(33-23(20)24(29)30)18-7-9-19(10-8-18)26(12-4-13-26)28-25(31)32/h1-3,5-11,15,28H,4,12-14,16H2,(H,31,32). The highest BCUT2D eigenvalue weighted by Gasteiger charge is 2.40. The molecule has 1 aliphatic rings. The Labute approximate surface area is 189 Å². The van der Waals surface area contributed by atoms with Gasteiger partial charge in [-0.05, 0) is 36.5 Å². The molecule has 0 atom stereocenters. The molecule has 2 heterocycles. The molecule has 1 saturated carbocycles. The van der Waals surface area contributed by atoms with Crippen LogP contribution in [0.5, 0.6) is 0 Å². The molecule has 2 aromatic heterocycles. The van der Waals surface area contributed by atoms with Crippen LogP contribution in [0.15, 0.2) is 76.1 Å². The number of hydrogen-bond acceptors (Lipinski definition) is 3. The summed E-state index contributed by atoms with van der Waals surface area (Å²) in [5.74, 6) is 0.548. The fraction of sp³-hybridized carbons (Fsp3) is 0.231. The van der Waals surface area contributed by atoms with Crippen molar-refractivity contribution in [1.29, 1.82) is 0 Å². The first-order valence-electron chi connectivity index (χ1n) is 10.9. The van der Waals surface area contributed by atoms with Gasteiger partial charge in [-0.2, -0.15) is 0 Å². The Kier molecular flexibility index (Phi) is 5.24. The number of carboxylic acid groups (broad SMARTS) is 1. The van der Waals surface area contributed by atoms with Crippen LogP contribution in [-0.2, 0) is 12.1 Å². The summed E-state index contributed by atoms with van der Waals surface area (Å²) in [6.45, 7) is -0.670. The maximum absolute atomic E-state index is 12.9. The molecule has 1 aliphatic carbocycles. The van der Waals surface area contributed by atoms with Crippen molar-refractivity contribution in [3.63, 3.8) is 0 Å². The summed E-state index contributed by atoms with van der Waals surface area (Å²) in [5, 5.41) is 12.6. The number of pyridine rings is 1. The highest BCUT2D eigenvalue weighted by atomic mass is 19.1. The largest absolute Gasteiger partial charge is 0.465 e. The average molecular weight is 446 g/mol. The maximum atomic E-state index is 12.9. The summed E-state index contributed by atoms with van der Waals surface area (Å²) in [6.07, 6.45) is 3.04. The van der Waals surface area contributed by atoms with E-state index in [9.17, 15) is 19.1 Å². The van der Waals surface area contributed by atoms with Crippen LogP contribution in [0.25, 0.3) is 33.4 Å². The molecule has 5 rings (SSSR count). The average Bonchev–Trinajstić information content (AvgIpc) is 3.19. The SMILES string of the molecule is O=C(O)NC1(c2ccc(-c3oc4c(=O)n(CCF)ccc4c3-c3ccccc3)cc2)CCC1. The summed E-state index contributed by atoms with van der Waals surface area (Å²) >= 11 is 0. The van der Waals surface area contributed by atoms with Crippen LogP contribution < -0.4 is 10.9 Å². The molecule has 0 radical (unpaired) electrons. The van der Waals surface area contributed by atoms with Gasteiger partial charge in [-0.15, -0.1) is 0 Å². The molecule has 6 nitrogen and oxygen atoms in total. The summed E-state index contributed by atoms with van der Waals surface area (Å²) < 4.78 is 20.3. The summed E-state index contributed by atoms with van der Waals surface area (Å²) in [6, 6.07) is 19.1. The van der Waals surface area contributed by atoms with Crippen LogP contribution in [-0.4, -0.2) is 22.4 Å². The van der Waals surface area contributed by atoms with Gasteiger partial charge in [0.1, 0.15) is 12.4 Å². The van der Waals surface area contributed by atoms with E-state index in [1.807, 2.05) is 54.6 Å². The third-order valence-corrected chi connectivity index (χ3v) is 6.46. The number of alkyl halides is 1. The van der Waals surface area contributed by atoms with Crippen LogP contribution in [0.1, 0.15) is 24.8 Å². The lowest BCUT2D eigenvalue weighted by Crippen LogP contribution is -2.50. The lowest BCUT2D eigenvalue weighted by molar-refractivity contribution is 0.144. The minimum atomic E-state index is -1.04. The zero-order valence-electron chi connectivity index (χ0n) is 17.9. The van der Waals surface area contributed by atoms with Gasteiger partial charge in [0, 0.05) is 22.7 Å². The number of halogens is 1. The van der Waals surface area contributed by atoms with Crippen LogP contribution in [0.2, 0.25) is 0 Å². The predicted molar refractivity (Wildman–Crippen MR) is 124 cm³/mol. The Bertz CT molecular complexity index is 1370. The number of aromatic nitrogens is 1. The van der Waals surface area contributed by atoms with Gasteiger partial charge >= 0.3 is 6.09 Å². The molecular weight excluding hydrogens is 423 g/mol. The number of aryl methyl sites for hydroxylation is 1. The molecule has 1 amide bonds. The quantitative estimate of drug-likeness (QED) is 0.407. The molecule has 0 saturated heterocycles. The second-order valence-corrected chi connectivity index (χ2v) is 8.36.